The van der Waals surface area contributed by atoms with E-state index in [0.29, 0.717) is 11.6 Å². The SMILES string of the molecule is O=S1(=O)CC2N=C(SCCCc3ccccc3)N(Cc3ccccc3Cl)C2C1. The van der Waals surface area contributed by atoms with Gasteiger partial charge >= 0.3 is 0 Å². The molecule has 0 saturated carbocycles. The van der Waals surface area contributed by atoms with Crippen LogP contribution in [-0.2, 0) is 22.8 Å². The van der Waals surface area contributed by atoms with Crippen LogP contribution < -0.4 is 0 Å². The average molecular weight is 435 g/mol. The van der Waals surface area contributed by atoms with Crippen molar-refractivity contribution in [1.29, 1.82) is 0 Å². The molecule has 1 fully saturated rings. The van der Waals surface area contributed by atoms with Crippen molar-refractivity contribution in [3.63, 3.8) is 0 Å². The maximum absolute atomic E-state index is 12.1. The normalized spacial score (nSPS) is 22.9. The summed E-state index contributed by atoms with van der Waals surface area (Å²) >= 11 is 8.08. The third kappa shape index (κ3) is 4.56. The molecule has 2 aromatic carbocycles. The fourth-order valence-corrected chi connectivity index (χ4v) is 6.91. The Morgan fingerprint density at radius 1 is 1.07 bits per heavy atom. The molecule has 7 heteroatoms. The van der Waals surface area contributed by atoms with Crippen molar-refractivity contribution in [3.05, 3.63) is 70.7 Å². The van der Waals surface area contributed by atoms with E-state index in [2.05, 4.69) is 29.2 Å². The first-order valence-electron chi connectivity index (χ1n) is 9.47. The first-order chi connectivity index (χ1) is 13.5. The second-order valence-corrected chi connectivity index (χ2v) is 10.9. The number of hydrogen-bond donors (Lipinski definition) is 0. The molecule has 28 heavy (non-hydrogen) atoms. The van der Waals surface area contributed by atoms with Crippen LogP contribution in [0.2, 0.25) is 5.02 Å². The molecule has 2 aliphatic heterocycles. The predicted octanol–water partition coefficient (Wildman–Crippen LogP) is 4.04. The van der Waals surface area contributed by atoms with Crippen LogP contribution in [0, 0.1) is 0 Å². The van der Waals surface area contributed by atoms with Gasteiger partial charge in [-0.25, -0.2) is 8.42 Å². The number of nitrogens with zero attached hydrogens (tertiary/aromatic N) is 2. The third-order valence-electron chi connectivity index (χ3n) is 5.20. The van der Waals surface area contributed by atoms with Crippen LogP contribution in [-0.4, -0.2) is 47.8 Å². The number of sulfone groups is 1. The molecule has 0 bridgehead atoms. The summed E-state index contributed by atoms with van der Waals surface area (Å²) in [6.45, 7) is 0.598. The summed E-state index contributed by atoms with van der Waals surface area (Å²) < 4.78 is 24.2. The lowest BCUT2D eigenvalue weighted by Gasteiger charge is -2.27. The van der Waals surface area contributed by atoms with Gasteiger partial charge in [-0.3, -0.25) is 4.99 Å². The summed E-state index contributed by atoms with van der Waals surface area (Å²) in [7, 11) is -3.02. The first kappa shape index (κ1) is 19.8. The molecule has 4 nitrogen and oxygen atoms in total. The quantitative estimate of drug-likeness (QED) is 0.644. The minimum Gasteiger partial charge on any atom is -0.341 e. The van der Waals surface area contributed by atoms with Crippen LogP contribution in [0.15, 0.2) is 59.6 Å². The Bertz CT molecular complexity index is 963. The van der Waals surface area contributed by atoms with Crippen molar-refractivity contribution in [1.82, 2.24) is 4.90 Å². The summed E-state index contributed by atoms with van der Waals surface area (Å²) in [5.41, 5.74) is 2.35. The van der Waals surface area contributed by atoms with Crippen molar-refractivity contribution in [2.24, 2.45) is 4.99 Å². The van der Waals surface area contributed by atoms with Gasteiger partial charge in [0.25, 0.3) is 0 Å². The highest BCUT2D eigenvalue weighted by Gasteiger charge is 2.46. The zero-order valence-corrected chi connectivity index (χ0v) is 17.9. The predicted molar refractivity (Wildman–Crippen MR) is 118 cm³/mol. The minimum atomic E-state index is -3.02. The van der Waals surface area contributed by atoms with Gasteiger partial charge in [0.2, 0.25) is 0 Å². The van der Waals surface area contributed by atoms with Crippen molar-refractivity contribution in [2.75, 3.05) is 17.3 Å². The molecule has 0 radical (unpaired) electrons. The van der Waals surface area contributed by atoms with E-state index in [9.17, 15) is 8.42 Å². The number of halogens is 1. The molecule has 2 aromatic rings. The Kier molecular flexibility index (Phi) is 5.99. The second kappa shape index (κ2) is 8.47. The van der Waals surface area contributed by atoms with Gasteiger partial charge in [-0.2, -0.15) is 0 Å². The largest absolute Gasteiger partial charge is 0.341 e. The van der Waals surface area contributed by atoms with Gasteiger partial charge in [0.15, 0.2) is 15.0 Å². The van der Waals surface area contributed by atoms with Gasteiger partial charge in [-0.1, -0.05) is 71.9 Å². The Balaban J connectivity index is 1.43. The van der Waals surface area contributed by atoms with Crippen LogP contribution in [0.3, 0.4) is 0 Å². The summed E-state index contributed by atoms with van der Waals surface area (Å²) in [5, 5.41) is 1.66. The highest BCUT2D eigenvalue weighted by atomic mass is 35.5. The summed E-state index contributed by atoms with van der Waals surface area (Å²) in [6, 6.07) is 18.0. The monoisotopic (exact) mass is 434 g/mol. The smallest absolute Gasteiger partial charge is 0.160 e. The maximum atomic E-state index is 12.1. The van der Waals surface area contributed by atoms with E-state index in [0.717, 1.165) is 29.3 Å². The minimum absolute atomic E-state index is 0.0714. The number of thioether (sulfide) groups is 1. The molecule has 2 aliphatic rings. The van der Waals surface area contributed by atoms with E-state index in [1.54, 1.807) is 11.8 Å². The third-order valence-corrected chi connectivity index (χ3v) is 8.36. The number of hydrogen-bond acceptors (Lipinski definition) is 5. The van der Waals surface area contributed by atoms with E-state index >= 15 is 0 Å². The van der Waals surface area contributed by atoms with Gasteiger partial charge in [0, 0.05) is 17.3 Å². The average Bonchev–Trinajstić information content (AvgIpc) is 3.13. The van der Waals surface area contributed by atoms with E-state index in [-0.39, 0.29) is 23.6 Å². The fourth-order valence-electron chi connectivity index (χ4n) is 3.79. The molecule has 4 rings (SSSR count). The van der Waals surface area contributed by atoms with Crippen molar-refractivity contribution < 1.29 is 8.42 Å². The number of benzene rings is 2. The Morgan fingerprint density at radius 3 is 2.61 bits per heavy atom. The van der Waals surface area contributed by atoms with Gasteiger partial charge in [0.1, 0.15) is 0 Å². The lowest BCUT2D eigenvalue weighted by molar-refractivity contribution is 0.343. The molecule has 2 heterocycles. The zero-order chi connectivity index (χ0) is 19.6. The van der Waals surface area contributed by atoms with Crippen LogP contribution >= 0.6 is 23.4 Å². The van der Waals surface area contributed by atoms with Gasteiger partial charge in [-0.15, -0.1) is 0 Å². The fraction of sp³-hybridized carbons (Fsp3) is 0.381. The highest BCUT2D eigenvalue weighted by molar-refractivity contribution is 8.13. The number of aliphatic imine (C=N–C) groups is 1. The van der Waals surface area contributed by atoms with Gasteiger partial charge in [-0.05, 0) is 30.0 Å². The molecular formula is C21H23ClN2O2S2. The van der Waals surface area contributed by atoms with E-state index in [1.807, 2.05) is 30.3 Å². The number of rotatable bonds is 6. The van der Waals surface area contributed by atoms with Gasteiger partial charge in [0.05, 0.1) is 23.6 Å². The zero-order valence-electron chi connectivity index (χ0n) is 15.5. The number of amidine groups is 1. The molecule has 0 amide bonds. The Hall–Kier alpha value is -1.50. The first-order valence-corrected chi connectivity index (χ1v) is 12.7. The number of aryl methyl sites for hydroxylation is 1. The maximum Gasteiger partial charge on any atom is 0.160 e. The molecule has 0 N–H and O–H groups in total. The van der Waals surface area contributed by atoms with Crippen molar-refractivity contribution in [3.8, 4) is 0 Å². The van der Waals surface area contributed by atoms with Crippen molar-refractivity contribution >= 4 is 38.4 Å². The molecule has 2 unspecified atom stereocenters. The standard InChI is InChI=1S/C21H23ClN2O2S2/c22-18-11-5-4-10-17(18)13-24-20-15-28(25,26)14-19(20)23-21(24)27-12-6-9-16-7-2-1-3-8-16/h1-5,7-8,10-11,19-20H,6,9,12-15H2. The van der Waals surface area contributed by atoms with Gasteiger partial charge < -0.3 is 4.90 Å². The molecular weight excluding hydrogens is 412 g/mol. The van der Waals surface area contributed by atoms with Crippen LogP contribution in [0.5, 0.6) is 0 Å². The summed E-state index contributed by atoms with van der Waals surface area (Å²) in [6.07, 6.45) is 2.09. The van der Waals surface area contributed by atoms with E-state index in [1.165, 1.54) is 5.56 Å². The molecule has 0 spiro atoms. The van der Waals surface area contributed by atoms with Crippen LogP contribution in [0.4, 0.5) is 0 Å². The van der Waals surface area contributed by atoms with E-state index in [4.69, 9.17) is 16.6 Å². The molecule has 0 aromatic heterocycles. The summed E-state index contributed by atoms with van der Waals surface area (Å²) in [5.74, 6) is 1.30. The molecule has 2 atom stereocenters. The van der Waals surface area contributed by atoms with E-state index < -0.39 is 9.84 Å². The van der Waals surface area contributed by atoms with Crippen LogP contribution in [0.25, 0.3) is 0 Å². The number of fused-ring (bicyclic) bond motifs is 1. The second-order valence-electron chi connectivity index (χ2n) is 7.28. The van der Waals surface area contributed by atoms with Crippen LogP contribution in [0.1, 0.15) is 17.5 Å². The topological polar surface area (TPSA) is 49.7 Å². The Morgan fingerprint density at radius 2 is 1.82 bits per heavy atom. The highest BCUT2D eigenvalue weighted by Crippen LogP contribution is 2.33. The summed E-state index contributed by atoms with van der Waals surface area (Å²) in [4.78, 5) is 6.94. The lowest BCUT2D eigenvalue weighted by Crippen LogP contribution is -2.38. The van der Waals surface area contributed by atoms with Crippen molar-refractivity contribution in [2.45, 2.75) is 31.5 Å². The molecule has 0 aliphatic carbocycles. The Labute approximate surface area is 175 Å². The molecule has 148 valence electrons. The molecule has 1 saturated heterocycles. The lowest BCUT2D eigenvalue weighted by atomic mass is 10.1.